The maximum atomic E-state index is 12.2. The predicted octanol–water partition coefficient (Wildman–Crippen LogP) is 0.842. The monoisotopic (exact) mass is 301 g/mol. The molecule has 0 aliphatic heterocycles. The standard InChI is InChI=1S/C12H23N5O2S/c1-5-6-17-7-10(16-9(17)2)20(18,19)15-8-12(3,4)11(13)14/h7,15H,5-6,8H2,1-4H3,(H3,13,14). The minimum atomic E-state index is -3.68. The van der Waals surface area contributed by atoms with Crippen molar-refractivity contribution in [2.24, 2.45) is 11.1 Å². The third-order valence-electron chi connectivity index (χ3n) is 3.13. The van der Waals surface area contributed by atoms with Crippen LogP contribution in [0.1, 0.15) is 33.0 Å². The molecule has 0 bridgehead atoms. The molecule has 0 atom stereocenters. The molecule has 0 fully saturated rings. The molecule has 0 saturated carbocycles. The number of aryl methyl sites for hydroxylation is 2. The molecule has 0 radical (unpaired) electrons. The summed E-state index contributed by atoms with van der Waals surface area (Å²) in [5, 5.41) is 7.43. The van der Waals surface area contributed by atoms with Crippen molar-refractivity contribution in [1.82, 2.24) is 14.3 Å². The van der Waals surface area contributed by atoms with Crippen LogP contribution in [0.25, 0.3) is 0 Å². The van der Waals surface area contributed by atoms with E-state index in [1.54, 1.807) is 20.8 Å². The average Bonchev–Trinajstić information content (AvgIpc) is 2.70. The fourth-order valence-electron chi connectivity index (χ4n) is 1.52. The van der Waals surface area contributed by atoms with Crippen LogP contribution in [0.2, 0.25) is 0 Å². The van der Waals surface area contributed by atoms with Crippen molar-refractivity contribution in [3.63, 3.8) is 0 Å². The number of hydrogen-bond donors (Lipinski definition) is 3. The normalized spacial score (nSPS) is 12.6. The Balaban J connectivity index is 2.89. The summed E-state index contributed by atoms with van der Waals surface area (Å²) < 4.78 is 28.6. The van der Waals surface area contributed by atoms with E-state index < -0.39 is 15.4 Å². The van der Waals surface area contributed by atoms with Crippen LogP contribution in [0.3, 0.4) is 0 Å². The number of nitrogens with zero attached hydrogens (tertiary/aromatic N) is 2. The van der Waals surface area contributed by atoms with Crippen molar-refractivity contribution >= 4 is 15.9 Å². The van der Waals surface area contributed by atoms with Crippen LogP contribution in [0.5, 0.6) is 0 Å². The zero-order valence-electron chi connectivity index (χ0n) is 12.4. The van der Waals surface area contributed by atoms with Crippen molar-refractivity contribution in [3.05, 3.63) is 12.0 Å². The first kappa shape index (κ1) is 16.6. The maximum Gasteiger partial charge on any atom is 0.259 e. The van der Waals surface area contributed by atoms with Crippen LogP contribution in [0.15, 0.2) is 11.2 Å². The van der Waals surface area contributed by atoms with Crippen molar-refractivity contribution < 1.29 is 8.42 Å². The van der Waals surface area contributed by atoms with E-state index >= 15 is 0 Å². The minimum Gasteiger partial charge on any atom is -0.387 e. The summed E-state index contributed by atoms with van der Waals surface area (Å²) in [6.07, 6.45) is 2.43. The largest absolute Gasteiger partial charge is 0.387 e. The highest BCUT2D eigenvalue weighted by Gasteiger charge is 2.26. The van der Waals surface area contributed by atoms with E-state index in [4.69, 9.17) is 11.1 Å². The molecule has 20 heavy (non-hydrogen) atoms. The van der Waals surface area contributed by atoms with E-state index in [1.165, 1.54) is 6.20 Å². The Kier molecular flexibility index (Phi) is 4.93. The number of amidine groups is 1. The van der Waals surface area contributed by atoms with Gasteiger partial charge in [0.25, 0.3) is 10.0 Å². The lowest BCUT2D eigenvalue weighted by atomic mass is 9.93. The van der Waals surface area contributed by atoms with Gasteiger partial charge in [0.15, 0.2) is 5.03 Å². The average molecular weight is 301 g/mol. The first-order valence-corrected chi connectivity index (χ1v) is 7.96. The highest BCUT2D eigenvalue weighted by molar-refractivity contribution is 7.89. The van der Waals surface area contributed by atoms with E-state index in [0.717, 1.165) is 13.0 Å². The van der Waals surface area contributed by atoms with Gasteiger partial charge in [0.05, 0.1) is 5.84 Å². The minimum absolute atomic E-state index is 0.00259. The summed E-state index contributed by atoms with van der Waals surface area (Å²) in [6, 6.07) is 0. The number of nitrogens with one attached hydrogen (secondary N) is 2. The van der Waals surface area contributed by atoms with Crippen LogP contribution in [0, 0.1) is 17.7 Å². The molecule has 0 unspecified atom stereocenters. The number of rotatable bonds is 7. The van der Waals surface area contributed by atoms with Gasteiger partial charge in [0, 0.05) is 24.7 Å². The van der Waals surface area contributed by atoms with Gasteiger partial charge in [-0.05, 0) is 13.3 Å². The Morgan fingerprint density at radius 1 is 1.55 bits per heavy atom. The Morgan fingerprint density at radius 2 is 2.15 bits per heavy atom. The Morgan fingerprint density at radius 3 is 2.65 bits per heavy atom. The van der Waals surface area contributed by atoms with E-state index in [0.29, 0.717) is 5.82 Å². The molecule has 0 aliphatic rings. The van der Waals surface area contributed by atoms with Gasteiger partial charge in [0.2, 0.25) is 0 Å². The molecule has 0 aliphatic carbocycles. The number of imidazole rings is 1. The van der Waals surface area contributed by atoms with Gasteiger partial charge in [0.1, 0.15) is 5.82 Å². The quantitative estimate of drug-likeness (QED) is 0.511. The van der Waals surface area contributed by atoms with E-state index in [9.17, 15) is 8.42 Å². The third-order valence-corrected chi connectivity index (χ3v) is 4.40. The van der Waals surface area contributed by atoms with E-state index in [-0.39, 0.29) is 17.4 Å². The topological polar surface area (TPSA) is 114 Å². The Hall–Kier alpha value is -1.41. The van der Waals surface area contributed by atoms with Crippen LogP contribution in [0.4, 0.5) is 0 Å². The molecule has 1 aromatic rings. The lowest BCUT2D eigenvalue weighted by Gasteiger charge is -2.22. The second-order valence-corrected chi connectivity index (χ2v) is 7.16. The molecule has 1 rings (SSSR count). The highest BCUT2D eigenvalue weighted by atomic mass is 32.2. The lowest BCUT2D eigenvalue weighted by molar-refractivity contribution is 0.492. The highest BCUT2D eigenvalue weighted by Crippen LogP contribution is 2.15. The number of aromatic nitrogens is 2. The van der Waals surface area contributed by atoms with Gasteiger partial charge < -0.3 is 10.3 Å². The number of nitrogens with two attached hydrogens (primary N) is 1. The third kappa shape index (κ3) is 3.80. The molecule has 0 amide bonds. The van der Waals surface area contributed by atoms with Gasteiger partial charge in [-0.2, -0.15) is 0 Å². The number of sulfonamides is 1. The zero-order chi connectivity index (χ0) is 15.6. The predicted molar refractivity (Wildman–Crippen MR) is 78.1 cm³/mol. The zero-order valence-corrected chi connectivity index (χ0v) is 13.2. The molecule has 0 aromatic carbocycles. The lowest BCUT2D eigenvalue weighted by Crippen LogP contribution is -2.42. The molecule has 1 aromatic heterocycles. The smallest absolute Gasteiger partial charge is 0.259 e. The Labute approximate surface area is 120 Å². The molecule has 8 heteroatoms. The van der Waals surface area contributed by atoms with Crippen LogP contribution >= 0.6 is 0 Å². The van der Waals surface area contributed by atoms with Crippen molar-refractivity contribution in [3.8, 4) is 0 Å². The fraction of sp³-hybridized carbons (Fsp3) is 0.667. The first-order valence-electron chi connectivity index (χ1n) is 6.48. The van der Waals surface area contributed by atoms with E-state index in [1.807, 2.05) is 11.5 Å². The summed E-state index contributed by atoms with van der Waals surface area (Å²) in [7, 11) is -3.68. The molecule has 0 spiro atoms. The van der Waals surface area contributed by atoms with Gasteiger partial charge in [-0.25, -0.2) is 18.1 Å². The molecular formula is C12H23N5O2S. The molecule has 4 N–H and O–H groups in total. The molecule has 114 valence electrons. The summed E-state index contributed by atoms with van der Waals surface area (Å²) >= 11 is 0. The number of hydrogen-bond acceptors (Lipinski definition) is 4. The van der Waals surface area contributed by atoms with Crippen molar-refractivity contribution in [2.45, 2.75) is 45.7 Å². The molecule has 7 nitrogen and oxygen atoms in total. The van der Waals surface area contributed by atoms with Crippen molar-refractivity contribution in [1.29, 1.82) is 5.41 Å². The summed E-state index contributed by atoms with van der Waals surface area (Å²) in [6.45, 7) is 7.99. The van der Waals surface area contributed by atoms with Crippen LogP contribution in [-0.4, -0.2) is 30.3 Å². The summed E-state index contributed by atoms with van der Waals surface area (Å²) in [4.78, 5) is 4.07. The van der Waals surface area contributed by atoms with Gasteiger partial charge in [-0.15, -0.1) is 0 Å². The van der Waals surface area contributed by atoms with E-state index in [2.05, 4.69) is 9.71 Å². The maximum absolute atomic E-state index is 12.2. The molecule has 1 heterocycles. The van der Waals surface area contributed by atoms with Crippen LogP contribution < -0.4 is 10.5 Å². The summed E-state index contributed by atoms with van der Waals surface area (Å²) in [5.74, 6) is 0.603. The second-order valence-electron chi connectivity index (χ2n) is 5.44. The Bertz CT molecular complexity index is 589. The van der Waals surface area contributed by atoms with Gasteiger partial charge in [-0.3, -0.25) is 5.41 Å². The second kappa shape index (κ2) is 5.92. The van der Waals surface area contributed by atoms with Gasteiger partial charge in [-0.1, -0.05) is 20.8 Å². The van der Waals surface area contributed by atoms with Gasteiger partial charge >= 0.3 is 0 Å². The molecule has 0 saturated heterocycles. The van der Waals surface area contributed by atoms with Crippen LogP contribution in [-0.2, 0) is 16.6 Å². The summed E-state index contributed by atoms with van der Waals surface area (Å²) in [5.41, 5.74) is 4.71. The SMILES string of the molecule is CCCn1cc(S(=O)(=O)NCC(C)(C)C(=N)N)nc1C. The fourth-order valence-corrected chi connectivity index (χ4v) is 2.74. The molecular weight excluding hydrogens is 278 g/mol. The first-order chi connectivity index (χ1) is 9.10. The van der Waals surface area contributed by atoms with Crippen molar-refractivity contribution in [2.75, 3.05) is 6.54 Å².